The second-order valence-electron chi connectivity index (χ2n) is 10.4. The van der Waals surface area contributed by atoms with Crippen LogP contribution in [0.3, 0.4) is 0 Å². The highest BCUT2D eigenvalue weighted by Gasteiger charge is 2.29. The Kier molecular flexibility index (Phi) is 10.3. The van der Waals surface area contributed by atoms with Gasteiger partial charge in [-0.15, -0.1) is 0 Å². The summed E-state index contributed by atoms with van der Waals surface area (Å²) in [4.78, 5) is 29.5. The van der Waals surface area contributed by atoms with Gasteiger partial charge in [-0.05, 0) is 50.1 Å². The Bertz CT molecular complexity index is 1580. The van der Waals surface area contributed by atoms with Crippen LogP contribution in [0.15, 0.2) is 71.3 Å². The first-order chi connectivity index (χ1) is 20.6. The van der Waals surface area contributed by atoms with Gasteiger partial charge in [0.1, 0.15) is 23.0 Å². The van der Waals surface area contributed by atoms with Crippen molar-refractivity contribution >= 4 is 18.0 Å². The number of hydrogen-bond acceptors (Lipinski definition) is 8. The van der Waals surface area contributed by atoms with Gasteiger partial charge >= 0.3 is 5.97 Å². The summed E-state index contributed by atoms with van der Waals surface area (Å²) in [6, 6.07) is 16.9. The molecule has 0 bridgehead atoms. The Balaban J connectivity index is 1.88. The van der Waals surface area contributed by atoms with Crippen LogP contribution in [-0.2, 0) is 16.2 Å². The minimum Gasteiger partial charge on any atom is -0.392 e. The van der Waals surface area contributed by atoms with Gasteiger partial charge in [0, 0.05) is 35.3 Å². The first-order valence-corrected chi connectivity index (χ1v) is 13.8. The minimum atomic E-state index is -1.19. The van der Waals surface area contributed by atoms with Gasteiger partial charge in [-0.2, -0.15) is 5.90 Å². The summed E-state index contributed by atoms with van der Waals surface area (Å²) >= 11 is 0. The van der Waals surface area contributed by atoms with Crippen molar-refractivity contribution in [3.05, 3.63) is 95.4 Å². The molecule has 4 aromatic rings. The number of benzene rings is 2. The zero-order chi connectivity index (χ0) is 31.1. The van der Waals surface area contributed by atoms with E-state index in [0.29, 0.717) is 39.5 Å². The fraction of sp³-hybridized carbons (Fsp3) is 0.281. The maximum Gasteiger partial charge on any atom is 0.327 e. The molecule has 43 heavy (non-hydrogen) atoms. The van der Waals surface area contributed by atoms with Gasteiger partial charge in [0.05, 0.1) is 25.2 Å². The number of amides is 1. The van der Waals surface area contributed by atoms with Crippen LogP contribution in [0.2, 0.25) is 0 Å². The van der Waals surface area contributed by atoms with Crippen molar-refractivity contribution in [3.63, 3.8) is 0 Å². The van der Waals surface area contributed by atoms with E-state index in [1.807, 2.05) is 48.7 Å². The van der Waals surface area contributed by atoms with Crippen molar-refractivity contribution < 1.29 is 33.6 Å². The number of aliphatic hydroxyl groups is 2. The first kappa shape index (κ1) is 31.4. The van der Waals surface area contributed by atoms with E-state index in [1.54, 1.807) is 31.2 Å². The highest BCUT2D eigenvalue weighted by atomic mass is 19.1. The zero-order valence-corrected chi connectivity index (χ0v) is 24.2. The number of aryl methyl sites for hydroxylation is 1. The number of rotatable bonds is 12. The molecule has 0 spiro atoms. The van der Waals surface area contributed by atoms with Gasteiger partial charge in [0.25, 0.3) is 5.91 Å². The molecule has 11 heteroatoms. The Morgan fingerprint density at radius 1 is 1.09 bits per heavy atom. The molecule has 2 unspecified atom stereocenters. The molecule has 0 aliphatic carbocycles. The smallest absolute Gasteiger partial charge is 0.327 e. The minimum absolute atomic E-state index is 0.132. The van der Waals surface area contributed by atoms with Gasteiger partial charge in [0.2, 0.25) is 0 Å². The topological polar surface area (TPSA) is 153 Å². The molecule has 4 rings (SSSR count). The predicted octanol–water partition coefficient (Wildman–Crippen LogP) is 4.70. The summed E-state index contributed by atoms with van der Waals surface area (Å²) in [6.07, 6.45) is 0.276. The van der Waals surface area contributed by atoms with Crippen LogP contribution >= 0.6 is 0 Å². The molecule has 0 aliphatic rings. The molecule has 0 radical (unpaired) electrons. The molecular weight excluding hydrogens is 555 g/mol. The molecule has 2 aromatic heterocycles. The highest BCUT2D eigenvalue weighted by molar-refractivity contribution is 6.06. The van der Waals surface area contributed by atoms with E-state index in [0.717, 1.165) is 5.56 Å². The molecule has 0 aliphatic heterocycles. The maximum atomic E-state index is 14.0. The van der Waals surface area contributed by atoms with Gasteiger partial charge in [-0.3, -0.25) is 9.59 Å². The number of carbonyl (C=O) groups excluding carboxylic acids is 2. The highest BCUT2D eigenvalue weighted by Crippen LogP contribution is 2.42. The number of aliphatic hydroxyl groups excluding tert-OH is 2. The number of aromatic nitrogens is 2. The lowest BCUT2D eigenvalue weighted by Gasteiger charge is -2.17. The van der Waals surface area contributed by atoms with Crippen molar-refractivity contribution in [3.8, 4) is 22.3 Å². The van der Waals surface area contributed by atoms with Crippen molar-refractivity contribution in [2.75, 3.05) is 0 Å². The number of carbonyl (C=O) groups is 2. The second kappa shape index (κ2) is 14.1. The molecular formula is C32H35FN4O6. The van der Waals surface area contributed by atoms with Crippen LogP contribution in [0, 0.1) is 12.7 Å². The quantitative estimate of drug-likeness (QED) is 0.173. The van der Waals surface area contributed by atoms with E-state index in [4.69, 9.17) is 10.4 Å². The number of hydrogen-bond donors (Lipinski definition) is 4. The zero-order valence-electron chi connectivity index (χ0n) is 24.2. The summed E-state index contributed by atoms with van der Waals surface area (Å²) < 4.78 is 21.0. The lowest BCUT2D eigenvalue weighted by Crippen LogP contribution is -2.27. The molecule has 1 amide bonds. The fourth-order valence-electron chi connectivity index (χ4n) is 4.96. The molecule has 0 saturated carbocycles. The van der Waals surface area contributed by atoms with Crippen LogP contribution in [0.4, 0.5) is 4.39 Å². The fourth-order valence-corrected chi connectivity index (χ4v) is 4.96. The molecule has 0 fully saturated rings. The van der Waals surface area contributed by atoms with Crippen molar-refractivity contribution in [2.45, 2.75) is 58.4 Å². The van der Waals surface area contributed by atoms with E-state index in [2.05, 4.69) is 15.3 Å². The lowest BCUT2D eigenvalue weighted by atomic mass is 9.94. The van der Waals surface area contributed by atoms with E-state index in [1.165, 1.54) is 18.2 Å². The van der Waals surface area contributed by atoms with Gasteiger partial charge in [-0.25, -0.2) is 4.39 Å². The average Bonchev–Trinajstić information content (AvgIpc) is 3.56. The summed E-state index contributed by atoms with van der Waals surface area (Å²) in [5.41, 5.74) is 4.19. The van der Waals surface area contributed by atoms with Crippen LogP contribution in [0.1, 0.15) is 60.4 Å². The van der Waals surface area contributed by atoms with Gasteiger partial charge in [0.15, 0.2) is 0 Å². The molecule has 5 N–H and O–H groups in total. The van der Waals surface area contributed by atoms with Crippen LogP contribution in [-0.4, -0.2) is 44.0 Å². The molecule has 226 valence electrons. The molecule has 2 aromatic carbocycles. The summed E-state index contributed by atoms with van der Waals surface area (Å²) in [5, 5.41) is 27.8. The van der Waals surface area contributed by atoms with Crippen LogP contribution in [0.25, 0.3) is 28.3 Å². The van der Waals surface area contributed by atoms with Crippen LogP contribution in [0.5, 0.6) is 0 Å². The second-order valence-corrected chi connectivity index (χ2v) is 10.4. The Morgan fingerprint density at radius 3 is 2.37 bits per heavy atom. The lowest BCUT2D eigenvalue weighted by molar-refractivity contribution is -0.146. The summed E-state index contributed by atoms with van der Waals surface area (Å²) in [6.45, 7) is 5.75. The average molecular weight is 591 g/mol. The third-order valence-electron chi connectivity index (χ3n) is 6.80. The van der Waals surface area contributed by atoms with Gasteiger partial charge in [-0.1, -0.05) is 53.7 Å². The molecule has 10 nitrogen and oxygen atoms in total. The number of nitrogens with zero attached hydrogens (tertiary/aromatic N) is 2. The monoisotopic (exact) mass is 590 g/mol. The van der Waals surface area contributed by atoms with E-state index in [-0.39, 0.29) is 31.3 Å². The summed E-state index contributed by atoms with van der Waals surface area (Å²) in [5.74, 6) is 3.89. The molecule has 0 saturated heterocycles. The maximum absolute atomic E-state index is 14.0. The number of nitrogens with two attached hydrogens (primary N) is 1. The number of nitrogens with one attached hydrogen (secondary N) is 1. The molecule has 2 atom stereocenters. The third kappa shape index (κ3) is 7.63. The SMILES string of the molecule is Cc1cc(CNC(=O)c2c(-c3ccccc3)c(-c3ccc(F)cc3)c(C=CC(O)CC(O)CC(=O)ON)n2C(C)C)no1. The largest absolute Gasteiger partial charge is 0.392 e. The number of halogens is 1. The third-order valence-corrected chi connectivity index (χ3v) is 6.80. The predicted molar refractivity (Wildman–Crippen MR) is 159 cm³/mol. The van der Waals surface area contributed by atoms with Crippen LogP contribution < -0.4 is 11.2 Å². The van der Waals surface area contributed by atoms with Crippen molar-refractivity contribution in [1.29, 1.82) is 0 Å². The Labute approximate surface area is 248 Å². The summed E-state index contributed by atoms with van der Waals surface area (Å²) in [7, 11) is 0. The van der Waals surface area contributed by atoms with Crippen molar-refractivity contribution in [2.24, 2.45) is 5.90 Å². The van der Waals surface area contributed by atoms with E-state index >= 15 is 0 Å². The Morgan fingerprint density at radius 2 is 1.77 bits per heavy atom. The van der Waals surface area contributed by atoms with Gasteiger partial charge < -0.3 is 29.5 Å². The standard InChI is InChI=1S/C32H35FN4O6/c1-19(2)37-27(14-13-25(38)16-26(39)17-28(40)42-34)29(22-9-11-23(33)12-10-22)30(21-7-5-4-6-8-21)31(37)32(41)35-18-24-15-20(3)43-36-24/h4-15,19,25-26,38-39H,16-18,34H2,1-3H3,(H,35,41). The normalized spacial score (nSPS) is 12.9. The van der Waals surface area contributed by atoms with E-state index in [9.17, 15) is 24.2 Å². The van der Waals surface area contributed by atoms with Crippen molar-refractivity contribution in [1.82, 2.24) is 15.0 Å². The molecule has 2 heterocycles. The first-order valence-electron chi connectivity index (χ1n) is 13.8. The van der Waals surface area contributed by atoms with E-state index < -0.39 is 24.0 Å². The Hall–Kier alpha value is -4.58.